The third-order valence-electron chi connectivity index (χ3n) is 1.25. The number of hydrogen-bond donors (Lipinski definition) is 1. The lowest BCUT2D eigenvalue weighted by atomic mass is 10.1. The highest BCUT2D eigenvalue weighted by Crippen LogP contribution is 2.28. The topological polar surface area (TPSA) is 43.1 Å². The minimum absolute atomic E-state index is 0.0702. The van der Waals surface area contributed by atoms with Crippen LogP contribution in [0.2, 0.25) is 0 Å². The van der Waals surface area contributed by atoms with Crippen LogP contribution < -0.4 is 5.73 Å². The number of carbonyl (C=O) groups excluding carboxylic acids is 1. The monoisotopic (exact) mass is 211 g/mol. The van der Waals surface area contributed by atoms with Gasteiger partial charge >= 0.3 is 0 Å². The van der Waals surface area contributed by atoms with E-state index in [1.807, 2.05) is 0 Å². The molecule has 0 aliphatic heterocycles. The minimum Gasteiger partial charge on any atom is -0.395 e. The van der Waals surface area contributed by atoms with E-state index >= 15 is 0 Å². The van der Waals surface area contributed by atoms with E-state index < -0.39 is 11.2 Å². The second-order valence-corrected chi connectivity index (χ2v) is 3.26. The lowest BCUT2D eigenvalue weighted by molar-refractivity contribution is -0.114. The van der Waals surface area contributed by atoms with E-state index in [1.165, 1.54) is 6.08 Å². The van der Waals surface area contributed by atoms with Crippen molar-refractivity contribution < 1.29 is 4.79 Å². The largest absolute Gasteiger partial charge is 0.395 e. The SMILES string of the molecule is NC1=C(Cl)C(Cl)=CC(Cl)C1=O. The molecule has 2 nitrogen and oxygen atoms in total. The van der Waals surface area contributed by atoms with E-state index in [9.17, 15) is 4.79 Å². The number of hydrogen-bond acceptors (Lipinski definition) is 2. The van der Waals surface area contributed by atoms with Gasteiger partial charge in [0.25, 0.3) is 0 Å². The molecular formula is C6H4Cl3NO. The molecular weight excluding hydrogens is 208 g/mol. The molecule has 0 radical (unpaired) electrons. The molecule has 0 spiro atoms. The van der Waals surface area contributed by atoms with Crippen LogP contribution in [0.5, 0.6) is 0 Å². The summed E-state index contributed by atoms with van der Waals surface area (Å²) >= 11 is 16.7. The van der Waals surface area contributed by atoms with Crippen LogP contribution in [0.3, 0.4) is 0 Å². The Balaban J connectivity index is 3.12. The summed E-state index contributed by atoms with van der Waals surface area (Å²) in [5, 5.41) is -0.484. The van der Waals surface area contributed by atoms with Crippen molar-refractivity contribution in [1.82, 2.24) is 0 Å². The zero-order chi connectivity index (χ0) is 8.59. The summed E-state index contributed by atoms with van der Waals surface area (Å²) < 4.78 is 0. The normalized spacial score (nSPS) is 25.5. The Morgan fingerprint density at radius 1 is 1.45 bits per heavy atom. The summed E-state index contributed by atoms with van der Waals surface area (Å²) in [4.78, 5) is 11.0. The van der Waals surface area contributed by atoms with Gasteiger partial charge in [0.2, 0.25) is 5.78 Å². The molecule has 0 fully saturated rings. The van der Waals surface area contributed by atoms with Gasteiger partial charge in [0, 0.05) is 0 Å². The molecule has 0 saturated carbocycles. The zero-order valence-electron chi connectivity index (χ0n) is 5.27. The summed E-state index contributed by atoms with van der Waals surface area (Å²) in [6, 6.07) is 0. The van der Waals surface area contributed by atoms with Gasteiger partial charge in [-0.1, -0.05) is 23.2 Å². The number of nitrogens with two attached hydrogens (primary N) is 1. The maximum atomic E-state index is 11.0. The molecule has 60 valence electrons. The Kier molecular flexibility index (Phi) is 2.47. The Hall–Kier alpha value is -0.180. The smallest absolute Gasteiger partial charge is 0.201 e. The highest BCUT2D eigenvalue weighted by Gasteiger charge is 2.25. The average Bonchev–Trinajstić information content (AvgIpc) is 1.97. The van der Waals surface area contributed by atoms with Crippen LogP contribution >= 0.6 is 34.8 Å². The maximum Gasteiger partial charge on any atom is 0.201 e. The minimum atomic E-state index is -0.787. The van der Waals surface area contributed by atoms with E-state index in [0.717, 1.165) is 0 Å². The van der Waals surface area contributed by atoms with E-state index in [1.54, 1.807) is 0 Å². The number of halogens is 3. The van der Waals surface area contributed by atoms with E-state index in [0.29, 0.717) is 0 Å². The molecule has 1 rings (SSSR count). The molecule has 0 aromatic rings. The van der Waals surface area contributed by atoms with Crippen molar-refractivity contribution >= 4 is 40.6 Å². The molecule has 0 aromatic carbocycles. The third-order valence-corrected chi connectivity index (χ3v) is 2.40. The van der Waals surface area contributed by atoms with Crippen LogP contribution in [0, 0.1) is 0 Å². The number of allylic oxidation sites excluding steroid dienone is 4. The lowest BCUT2D eigenvalue weighted by Gasteiger charge is -2.12. The molecule has 0 aromatic heterocycles. The lowest BCUT2D eigenvalue weighted by Crippen LogP contribution is -2.24. The van der Waals surface area contributed by atoms with Gasteiger partial charge in [-0.25, -0.2) is 0 Å². The van der Waals surface area contributed by atoms with Crippen molar-refractivity contribution in [2.75, 3.05) is 0 Å². The maximum absolute atomic E-state index is 11.0. The number of Topliss-reactive ketones (excluding diaryl/α,β-unsaturated/α-hetero) is 1. The predicted octanol–water partition coefficient (Wildman–Crippen LogP) is 1.71. The van der Waals surface area contributed by atoms with Gasteiger partial charge in [-0.15, -0.1) is 11.6 Å². The van der Waals surface area contributed by atoms with Gasteiger partial charge in [0.05, 0.1) is 15.8 Å². The Labute approximate surface area is 78.6 Å². The van der Waals surface area contributed by atoms with Crippen LogP contribution in [0.4, 0.5) is 0 Å². The van der Waals surface area contributed by atoms with E-state index in [2.05, 4.69) is 0 Å². The summed E-state index contributed by atoms with van der Waals surface area (Å²) in [6.07, 6.45) is 1.35. The van der Waals surface area contributed by atoms with Gasteiger partial charge in [-0.05, 0) is 6.08 Å². The molecule has 0 bridgehead atoms. The van der Waals surface area contributed by atoms with Gasteiger partial charge in [-0.3, -0.25) is 4.79 Å². The molecule has 0 saturated heterocycles. The van der Waals surface area contributed by atoms with Gasteiger partial charge in [-0.2, -0.15) is 0 Å². The first-order chi connectivity index (χ1) is 5.04. The molecule has 0 amide bonds. The van der Waals surface area contributed by atoms with Crippen molar-refractivity contribution in [1.29, 1.82) is 0 Å². The fraction of sp³-hybridized carbons (Fsp3) is 0.167. The molecule has 11 heavy (non-hydrogen) atoms. The van der Waals surface area contributed by atoms with Crippen molar-refractivity contribution in [3.63, 3.8) is 0 Å². The van der Waals surface area contributed by atoms with Crippen LogP contribution in [0.1, 0.15) is 0 Å². The Morgan fingerprint density at radius 3 is 2.55 bits per heavy atom. The molecule has 1 aliphatic carbocycles. The molecule has 1 aliphatic rings. The Bertz CT molecular complexity index is 269. The standard InChI is InChI=1S/C6H4Cl3NO/c7-2-1-3(8)6(11)5(10)4(2)9/h1,3H,10H2. The van der Waals surface area contributed by atoms with Crippen LogP contribution in [-0.2, 0) is 4.79 Å². The number of rotatable bonds is 0. The summed E-state index contributed by atoms with van der Waals surface area (Å²) in [6.45, 7) is 0. The Morgan fingerprint density at radius 2 is 2.00 bits per heavy atom. The van der Waals surface area contributed by atoms with Crippen molar-refractivity contribution in [3.8, 4) is 0 Å². The number of alkyl halides is 1. The second-order valence-electron chi connectivity index (χ2n) is 2.01. The van der Waals surface area contributed by atoms with Crippen LogP contribution in [0.15, 0.2) is 21.8 Å². The fourth-order valence-corrected chi connectivity index (χ4v) is 1.35. The summed E-state index contributed by atoms with van der Waals surface area (Å²) in [5.41, 5.74) is 5.22. The van der Waals surface area contributed by atoms with E-state index in [4.69, 9.17) is 40.5 Å². The molecule has 0 heterocycles. The van der Waals surface area contributed by atoms with Gasteiger partial charge in [0.1, 0.15) is 5.38 Å². The molecule has 1 atom stereocenters. The first kappa shape index (κ1) is 8.91. The first-order valence-electron chi connectivity index (χ1n) is 2.75. The van der Waals surface area contributed by atoms with Gasteiger partial charge in [0.15, 0.2) is 0 Å². The molecule has 5 heteroatoms. The predicted molar refractivity (Wildman–Crippen MR) is 45.7 cm³/mol. The van der Waals surface area contributed by atoms with Crippen molar-refractivity contribution in [2.45, 2.75) is 5.38 Å². The first-order valence-corrected chi connectivity index (χ1v) is 3.94. The highest BCUT2D eigenvalue weighted by molar-refractivity contribution is 6.48. The quantitative estimate of drug-likeness (QED) is 0.621. The molecule has 2 N–H and O–H groups in total. The van der Waals surface area contributed by atoms with Crippen LogP contribution in [0.25, 0.3) is 0 Å². The number of carbonyl (C=O) groups is 1. The van der Waals surface area contributed by atoms with Gasteiger partial charge < -0.3 is 5.73 Å². The van der Waals surface area contributed by atoms with Crippen LogP contribution in [-0.4, -0.2) is 11.2 Å². The number of ketones is 1. The second kappa shape index (κ2) is 3.05. The van der Waals surface area contributed by atoms with Crippen molar-refractivity contribution in [2.24, 2.45) is 5.73 Å². The fourth-order valence-electron chi connectivity index (χ4n) is 0.663. The average molecular weight is 212 g/mol. The third kappa shape index (κ3) is 1.53. The van der Waals surface area contributed by atoms with E-state index in [-0.39, 0.29) is 15.8 Å². The highest BCUT2D eigenvalue weighted by atomic mass is 35.5. The summed E-state index contributed by atoms with van der Waals surface area (Å²) in [5.74, 6) is -0.402. The zero-order valence-corrected chi connectivity index (χ0v) is 7.54. The molecule has 1 unspecified atom stereocenters. The summed E-state index contributed by atoms with van der Waals surface area (Å²) in [7, 11) is 0. The van der Waals surface area contributed by atoms with Crippen molar-refractivity contribution in [3.05, 3.63) is 21.8 Å².